The number of fused-ring (bicyclic) bond motifs is 1. The highest BCUT2D eigenvalue weighted by atomic mass is 16.5. The van der Waals surface area contributed by atoms with Crippen LogP contribution in [-0.2, 0) is 6.42 Å². The number of nitrogens with zero attached hydrogens (tertiary/aromatic N) is 2. The number of piperidine rings is 1. The molecule has 2 aliphatic rings. The summed E-state index contributed by atoms with van der Waals surface area (Å²) in [6, 6.07) is 5.59. The van der Waals surface area contributed by atoms with E-state index in [2.05, 4.69) is 23.2 Å². The second-order valence-electron chi connectivity index (χ2n) is 7.84. The number of amides is 1. The third-order valence-corrected chi connectivity index (χ3v) is 5.59. The fraction of sp³-hybridized carbons (Fsp3) is 0.636. The second kappa shape index (κ2) is 10.5. The Morgan fingerprint density at radius 2 is 2.21 bits per heavy atom. The minimum Gasteiger partial charge on any atom is -0.490 e. The zero-order valence-corrected chi connectivity index (χ0v) is 17.2. The maximum atomic E-state index is 12.9. The minimum absolute atomic E-state index is 0.0369. The van der Waals surface area contributed by atoms with Gasteiger partial charge < -0.3 is 24.8 Å². The summed E-state index contributed by atoms with van der Waals surface area (Å²) in [6.45, 7) is 6.21. The van der Waals surface area contributed by atoms with Gasteiger partial charge in [-0.2, -0.15) is 5.26 Å². The first-order chi connectivity index (χ1) is 14.1. The van der Waals surface area contributed by atoms with Crippen molar-refractivity contribution < 1.29 is 19.4 Å². The summed E-state index contributed by atoms with van der Waals surface area (Å²) in [5, 5.41) is 22.5. The topological polar surface area (TPSA) is 94.8 Å². The number of carbonyl (C=O) groups excluding carboxylic acids is 1. The summed E-state index contributed by atoms with van der Waals surface area (Å²) in [5.74, 6) is 0.739. The number of nitrogens with one attached hydrogen (secondary N) is 1. The predicted octanol–water partition coefficient (Wildman–Crippen LogP) is 2.13. The van der Waals surface area contributed by atoms with Crippen LogP contribution in [0.5, 0.6) is 11.5 Å². The number of aliphatic hydroxyl groups excluding tert-OH is 1. The number of benzene rings is 1. The summed E-state index contributed by atoms with van der Waals surface area (Å²) in [4.78, 5) is 15.2. The average molecular weight is 402 g/mol. The number of unbranched alkanes of at least 4 members (excludes halogenated alkanes) is 1. The Labute approximate surface area is 172 Å². The van der Waals surface area contributed by atoms with Crippen LogP contribution in [0.4, 0.5) is 0 Å². The van der Waals surface area contributed by atoms with Gasteiger partial charge in [-0.15, -0.1) is 0 Å². The maximum Gasteiger partial charge on any atom is 0.255 e. The highest BCUT2D eigenvalue weighted by Gasteiger charge is 2.28. The number of hydrogen-bond acceptors (Lipinski definition) is 6. The summed E-state index contributed by atoms with van der Waals surface area (Å²) in [6.07, 6.45) is 3.64. The van der Waals surface area contributed by atoms with Crippen molar-refractivity contribution in [1.29, 1.82) is 5.26 Å². The molecule has 0 aromatic heterocycles. The molecule has 0 bridgehead atoms. The third kappa shape index (κ3) is 5.62. The van der Waals surface area contributed by atoms with Gasteiger partial charge in [0.2, 0.25) is 0 Å². The van der Waals surface area contributed by atoms with Crippen LogP contribution in [-0.4, -0.2) is 61.4 Å². The largest absolute Gasteiger partial charge is 0.490 e. The summed E-state index contributed by atoms with van der Waals surface area (Å²) in [7, 11) is 0. The van der Waals surface area contributed by atoms with Crippen LogP contribution in [0.1, 0.15) is 48.5 Å². The zero-order chi connectivity index (χ0) is 20.6. The number of nitriles is 1. The smallest absolute Gasteiger partial charge is 0.255 e. The molecule has 0 aliphatic carbocycles. The lowest BCUT2D eigenvalue weighted by molar-refractivity contribution is 0.0217. The summed E-state index contributed by atoms with van der Waals surface area (Å²) >= 11 is 0. The van der Waals surface area contributed by atoms with Gasteiger partial charge in [0.05, 0.1) is 37.4 Å². The SMILES string of the molecule is CCCCN1CC[C@@H](CNC(=O)c2cc(CC#N)cc3c2OCCCO3)C(O)C1. The van der Waals surface area contributed by atoms with E-state index in [4.69, 9.17) is 14.7 Å². The first kappa shape index (κ1) is 21.4. The number of β-amino-alcohol motifs (C(OH)–C–C–N with tert-alkyl or cyclic N) is 1. The van der Waals surface area contributed by atoms with Gasteiger partial charge in [0.15, 0.2) is 11.5 Å². The van der Waals surface area contributed by atoms with Crippen LogP contribution >= 0.6 is 0 Å². The van der Waals surface area contributed by atoms with E-state index in [0.29, 0.717) is 43.4 Å². The Hall–Kier alpha value is -2.30. The number of carbonyl (C=O) groups is 1. The molecule has 1 saturated heterocycles. The molecule has 3 rings (SSSR count). The van der Waals surface area contributed by atoms with E-state index in [1.807, 2.05) is 0 Å². The van der Waals surface area contributed by atoms with Gasteiger partial charge in [-0.05, 0) is 43.6 Å². The lowest BCUT2D eigenvalue weighted by Crippen LogP contribution is -2.47. The van der Waals surface area contributed by atoms with Crippen LogP contribution in [0.2, 0.25) is 0 Å². The van der Waals surface area contributed by atoms with Gasteiger partial charge in [0.1, 0.15) is 0 Å². The third-order valence-electron chi connectivity index (χ3n) is 5.59. The van der Waals surface area contributed by atoms with Crippen molar-refractivity contribution >= 4 is 5.91 Å². The number of ether oxygens (including phenoxy) is 2. The lowest BCUT2D eigenvalue weighted by atomic mass is 9.93. The number of aliphatic hydroxyl groups is 1. The molecule has 7 nitrogen and oxygen atoms in total. The molecular formula is C22H31N3O4. The number of hydrogen-bond donors (Lipinski definition) is 2. The van der Waals surface area contributed by atoms with Crippen LogP contribution in [0.3, 0.4) is 0 Å². The van der Waals surface area contributed by atoms with Gasteiger partial charge in [-0.1, -0.05) is 13.3 Å². The molecule has 1 amide bonds. The zero-order valence-electron chi connectivity index (χ0n) is 17.2. The summed E-state index contributed by atoms with van der Waals surface area (Å²) in [5.41, 5.74) is 1.12. The lowest BCUT2D eigenvalue weighted by Gasteiger charge is -2.36. The molecule has 1 unspecified atom stereocenters. The molecule has 0 saturated carbocycles. The van der Waals surface area contributed by atoms with E-state index >= 15 is 0 Å². The molecular weight excluding hydrogens is 370 g/mol. The van der Waals surface area contributed by atoms with Gasteiger partial charge in [0, 0.05) is 25.4 Å². The average Bonchev–Trinajstić information content (AvgIpc) is 2.96. The molecule has 7 heteroatoms. The van der Waals surface area contributed by atoms with E-state index in [1.165, 1.54) is 0 Å². The quantitative estimate of drug-likeness (QED) is 0.727. The number of rotatable bonds is 7. The van der Waals surface area contributed by atoms with Crippen LogP contribution in [0.25, 0.3) is 0 Å². The van der Waals surface area contributed by atoms with E-state index in [-0.39, 0.29) is 18.2 Å². The Kier molecular flexibility index (Phi) is 7.73. The monoisotopic (exact) mass is 401 g/mol. The van der Waals surface area contributed by atoms with Gasteiger partial charge >= 0.3 is 0 Å². The molecule has 158 valence electrons. The Bertz CT molecular complexity index is 746. The minimum atomic E-state index is -0.442. The molecule has 2 N–H and O–H groups in total. The Morgan fingerprint density at radius 3 is 2.97 bits per heavy atom. The Morgan fingerprint density at radius 1 is 1.38 bits per heavy atom. The van der Waals surface area contributed by atoms with Gasteiger partial charge in [0.25, 0.3) is 5.91 Å². The molecule has 0 spiro atoms. The maximum absolute atomic E-state index is 12.9. The van der Waals surface area contributed by atoms with Gasteiger partial charge in [-0.3, -0.25) is 4.79 Å². The Balaban J connectivity index is 1.65. The standard InChI is InChI=1S/C22H31N3O4/c1-2-3-8-25-9-6-17(19(26)15-25)14-24-22(27)18-12-16(5-7-23)13-20-21(18)29-11-4-10-28-20/h12-13,17,19,26H,2-6,8-11,14-15H2,1H3,(H,24,27)/t17-,19?/m0/s1. The van der Waals surface area contributed by atoms with Gasteiger partial charge in [-0.25, -0.2) is 0 Å². The highest BCUT2D eigenvalue weighted by Crippen LogP contribution is 2.35. The van der Waals surface area contributed by atoms with Crippen LogP contribution in [0.15, 0.2) is 12.1 Å². The first-order valence-electron chi connectivity index (χ1n) is 10.6. The second-order valence-corrected chi connectivity index (χ2v) is 7.84. The van der Waals surface area contributed by atoms with E-state index in [0.717, 1.165) is 44.3 Å². The number of likely N-dealkylation sites (tertiary alicyclic amines) is 1. The fourth-order valence-electron chi connectivity index (χ4n) is 3.88. The normalized spacial score (nSPS) is 21.8. The van der Waals surface area contributed by atoms with E-state index in [9.17, 15) is 9.90 Å². The van der Waals surface area contributed by atoms with Crippen molar-refractivity contribution in [3.63, 3.8) is 0 Å². The van der Waals surface area contributed by atoms with E-state index < -0.39 is 6.10 Å². The molecule has 2 aliphatic heterocycles. The van der Waals surface area contributed by atoms with Crippen molar-refractivity contribution in [3.8, 4) is 17.6 Å². The van der Waals surface area contributed by atoms with Crippen molar-refractivity contribution in [1.82, 2.24) is 10.2 Å². The predicted molar refractivity (Wildman–Crippen MR) is 109 cm³/mol. The molecule has 2 atom stereocenters. The van der Waals surface area contributed by atoms with E-state index in [1.54, 1.807) is 12.1 Å². The van der Waals surface area contributed by atoms with Crippen molar-refractivity contribution in [2.45, 2.75) is 45.1 Å². The molecule has 29 heavy (non-hydrogen) atoms. The van der Waals surface area contributed by atoms with Crippen molar-refractivity contribution in [2.24, 2.45) is 5.92 Å². The fourth-order valence-corrected chi connectivity index (χ4v) is 3.88. The first-order valence-corrected chi connectivity index (χ1v) is 10.6. The molecule has 2 heterocycles. The van der Waals surface area contributed by atoms with Crippen LogP contribution in [0, 0.1) is 17.2 Å². The molecule has 0 radical (unpaired) electrons. The molecule has 1 fully saturated rings. The highest BCUT2D eigenvalue weighted by molar-refractivity contribution is 5.98. The van der Waals surface area contributed by atoms with Crippen molar-refractivity contribution in [3.05, 3.63) is 23.3 Å². The molecule has 1 aromatic carbocycles. The van der Waals surface area contributed by atoms with Crippen molar-refractivity contribution in [2.75, 3.05) is 39.4 Å². The van der Waals surface area contributed by atoms with Crippen LogP contribution < -0.4 is 14.8 Å². The molecule has 1 aromatic rings. The summed E-state index contributed by atoms with van der Waals surface area (Å²) < 4.78 is 11.5.